The van der Waals surface area contributed by atoms with E-state index >= 15 is 0 Å². The summed E-state index contributed by atoms with van der Waals surface area (Å²) in [6.07, 6.45) is 0.964. The standard InChI is InChI=1S/C20H19N3O4S/c1-2-13-3-5-16(6-4-13)23-11-15(9-18(23)25)20(26)27-12-17(24)22-19-14(10-21)7-8-28-19/h3-8,15H,2,9,11-12H2,1H3,(H,22,24)/t15-/m0/s1. The molecule has 1 atom stereocenters. The van der Waals surface area contributed by atoms with E-state index in [-0.39, 0.29) is 18.9 Å². The third kappa shape index (κ3) is 4.38. The lowest BCUT2D eigenvalue weighted by Gasteiger charge is -2.17. The fourth-order valence-electron chi connectivity index (χ4n) is 2.94. The molecule has 1 aromatic heterocycles. The van der Waals surface area contributed by atoms with Gasteiger partial charge in [-0.05, 0) is 35.6 Å². The van der Waals surface area contributed by atoms with Crippen LogP contribution in [0.2, 0.25) is 0 Å². The van der Waals surface area contributed by atoms with E-state index in [1.54, 1.807) is 16.3 Å². The van der Waals surface area contributed by atoms with Crippen molar-refractivity contribution in [3.8, 4) is 6.07 Å². The summed E-state index contributed by atoms with van der Waals surface area (Å²) < 4.78 is 5.07. The number of ether oxygens (including phenoxy) is 1. The van der Waals surface area contributed by atoms with Gasteiger partial charge in [0, 0.05) is 18.7 Å². The lowest BCUT2D eigenvalue weighted by atomic mass is 10.1. The summed E-state index contributed by atoms with van der Waals surface area (Å²) in [6, 6.07) is 11.2. The topological polar surface area (TPSA) is 99.5 Å². The Morgan fingerprint density at radius 3 is 2.75 bits per heavy atom. The van der Waals surface area contributed by atoms with Gasteiger partial charge in [-0.15, -0.1) is 11.3 Å². The molecule has 0 bridgehead atoms. The Labute approximate surface area is 166 Å². The van der Waals surface area contributed by atoms with Crippen LogP contribution in [0.3, 0.4) is 0 Å². The fraction of sp³-hybridized carbons (Fsp3) is 0.300. The van der Waals surface area contributed by atoms with E-state index in [4.69, 9.17) is 10.00 Å². The minimum absolute atomic E-state index is 0.0550. The second kappa shape index (κ2) is 8.67. The SMILES string of the molecule is CCc1ccc(N2C[C@@H](C(=O)OCC(=O)Nc3sccc3C#N)CC2=O)cc1. The summed E-state index contributed by atoms with van der Waals surface area (Å²) in [6.45, 7) is 1.82. The van der Waals surface area contributed by atoms with Gasteiger partial charge in [0.05, 0.1) is 11.5 Å². The predicted molar refractivity (Wildman–Crippen MR) is 105 cm³/mol. The number of nitrogens with zero attached hydrogens (tertiary/aromatic N) is 2. The second-order valence-corrected chi connectivity index (χ2v) is 7.27. The van der Waals surface area contributed by atoms with E-state index in [9.17, 15) is 14.4 Å². The average molecular weight is 397 g/mol. The Morgan fingerprint density at radius 1 is 1.32 bits per heavy atom. The number of nitriles is 1. The van der Waals surface area contributed by atoms with Gasteiger partial charge in [0.1, 0.15) is 11.1 Å². The van der Waals surface area contributed by atoms with Gasteiger partial charge in [0.15, 0.2) is 6.61 Å². The normalized spacial score (nSPS) is 15.9. The van der Waals surface area contributed by atoms with Crippen LogP contribution in [-0.2, 0) is 25.5 Å². The van der Waals surface area contributed by atoms with Crippen LogP contribution < -0.4 is 10.2 Å². The molecule has 2 aromatic rings. The number of benzene rings is 1. The van der Waals surface area contributed by atoms with Crippen molar-refractivity contribution < 1.29 is 19.1 Å². The van der Waals surface area contributed by atoms with Crippen molar-refractivity contribution in [3.05, 3.63) is 46.8 Å². The van der Waals surface area contributed by atoms with E-state index in [0.29, 0.717) is 10.6 Å². The van der Waals surface area contributed by atoms with Crippen molar-refractivity contribution >= 4 is 39.8 Å². The molecule has 8 heteroatoms. The van der Waals surface area contributed by atoms with Crippen LogP contribution in [0.15, 0.2) is 35.7 Å². The van der Waals surface area contributed by atoms with Gasteiger partial charge in [-0.25, -0.2) is 0 Å². The van der Waals surface area contributed by atoms with Crippen molar-refractivity contribution in [2.24, 2.45) is 5.92 Å². The zero-order chi connectivity index (χ0) is 20.1. The highest BCUT2D eigenvalue weighted by Crippen LogP contribution is 2.26. The molecule has 1 fully saturated rings. The van der Waals surface area contributed by atoms with Crippen LogP contribution in [-0.4, -0.2) is 30.9 Å². The highest BCUT2D eigenvalue weighted by molar-refractivity contribution is 7.14. The average Bonchev–Trinajstić information content (AvgIpc) is 3.32. The second-order valence-electron chi connectivity index (χ2n) is 6.36. The maximum absolute atomic E-state index is 12.3. The number of amides is 2. The molecule has 28 heavy (non-hydrogen) atoms. The van der Waals surface area contributed by atoms with Gasteiger partial charge < -0.3 is 15.0 Å². The van der Waals surface area contributed by atoms with E-state index < -0.39 is 24.4 Å². The molecular weight excluding hydrogens is 378 g/mol. The number of anilines is 2. The number of hydrogen-bond donors (Lipinski definition) is 1. The molecule has 0 aliphatic carbocycles. The molecule has 1 aliphatic heterocycles. The van der Waals surface area contributed by atoms with Gasteiger partial charge in [-0.1, -0.05) is 19.1 Å². The number of esters is 1. The Morgan fingerprint density at radius 2 is 2.07 bits per heavy atom. The highest BCUT2D eigenvalue weighted by Gasteiger charge is 2.36. The van der Waals surface area contributed by atoms with Gasteiger partial charge in [0.25, 0.3) is 5.91 Å². The quantitative estimate of drug-likeness (QED) is 0.756. The summed E-state index contributed by atoms with van der Waals surface area (Å²) in [5.74, 6) is -1.86. The molecule has 0 spiro atoms. The largest absolute Gasteiger partial charge is 0.455 e. The molecule has 1 aromatic carbocycles. The maximum Gasteiger partial charge on any atom is 0.311 e. The van der Waals surface area contributed by atoms with Gasteiger partial charge in [-0.3, -0.25) is 14.4 Å². The van der Waals surface area contributed by atoms with Crippen molar-refractivity contribution in [2.45, 2.75) is 19.8 Å². The number of aryl methyl sites for hydroxylation is 1. The van der Waals surface area contributed by atoms with Crippen molar-refractivity contribution in [1.82, 2.24) is 0 Å². The Hall–Kier alpha value is -3.18. The van der Waals surface area contributed by atoms with E-state index in [1.165, 1.54) is 16.9 Å². The number of carbonyl (C=O) groups excluding carboxylic acids is 3. The molecule has 144 valence electrons. The van der Waals surface area contributed by atoms with E-state index in [1.807, 2.05) is 30.3 Å². The molecule has 3 rings (SSSR count). The number of carbonyl (C=O) groups is 3. The van der Waals surface area contributed by atoms with Gasteiger partial charge >= 0.3 is 5.97 Å². The van der Waals surface area contributed by atoms with Crippen LogP contribution in [0.5, 0.6) is 0 Å². The number of thiophene rings is 1. The predicted octanol–water partition coefficient (Wildman–Crippen LogP) is 2.72. The molecule has 1 N–H and O–H groups in total. The number of rotatable bonds is 6. The Balaban J connectivity index is 1.53. The summed E-state index contributed by atoms with van der Waals surface area (Å²) in [5, 5.41) is 13.6. The lowest BCUT2D eigenvalue weighted by Crippen LogP contribution is -2.28. The van der Waals surface area contributed by atoms with Crippen molar-refractivity contribution in [3.63, 3.8) is 0 Å². The Bertz CT molecular complexity index is 930. The minimum atomic E-state index is -0.609. The fourth-order valence-corrected chi connectivity index (χ4v) is 3.69. The Kier molecular flexibility index (Phi) is 6.06. The van der Waals surface area contributed by atoms with Crippen LogP contribution in [0.1, 0.15) is 24.5 Å². The maximum atomic E-state index is 12.3. The summed E-state index contributed by atoms with van der Waals surface area (Å²) in [7, 11) is 0. The molecule has 1 saturated heterocycles. The van der Waals surface area contributed by atoms with Gasteiger partial charge in [0.2, 0.25) is 5.91 Å². The van der Waals surface area contributed by atoms with E-state index in [0.717, 1.165) is 12.1 Å². The highest BCUT2D eigenvalue weighted by atomic mass is 32.1. The third-order valence-corrected chi connectivity index (χ3v) is 5.33. The zero-order valence-electron chi connectivity index (χ0n) is 15.3. The van der Waals surface area contributed by atoms with Crippen molar-refractivity contribution in [2.75, 3.05) is 23.4 Å². The monoisotopic (exact) mass is 397 g/mol. The van der Waals surface area contributed by atoms with Crippen LogP contribution in [0.4, 0.5) is 10.7 Å². The smallest absolute Gasteiger partial charge is 0.311 e. The molecule has 1 aliphatic rings. The van der Waals surface area contributed by atoms with Gasteiger partial charge in [-0.2, -0.15) is 5.26 Å². The van der Waals surface area contributed by atoms with Crippen LogP contribution >= 0.6 is 11.3 Å². The minimum Gasteiger partial charge on any atom is -0.455 e. The molecule has 0 saturated carbocycles. The molecule has 0 unspecified atom stereocenters. The third-order valence-electron chi connectivity index (χ3n) is 4.50. The molecule has 2 heterocycles. The molecule has 2 amide bonds. The molecule has 0 radical (unpaired) electrons. The summed E-state index contributed by atoms with van der Waals surface area (Å²) in [4.78, 5) is 38.0. The first kappa shape index (κ1) is 19.6. The summed E-state index contributed by atoms with van der Waals surface area (Å²) >= 11 is 1.22. The summed E-state index contributed by atoms with van der Waals surface area (Å²) in [5.41, 5.74) is 2.27. The first-order valence-corrected chi connectivity index (χ1v) is 9.73. The zero-order valence-corrected chi connectivity index (χ0v) is 16.1. The van der Waals surface area contributed by atoms with E-state index in [2.05, 4.69) is 12.2 Å². The lowest BCUT2D eigenvalue weighted by molar-refractivity contribution is -0.151. The first-order chi connectivity index (χ1) is 13.5. The molecular formula is C20H19N3O4S. The number of hydrogen-bond acceptors (Lipinski definition) is 6. The van der Waals surface area contributed by atoms with Crippen LogP contribution in [0.25, 0.3) is 0 Å². The first-order valence-electron chi connectivity index (χ1n) is 8.85. The molecule has 7 nitrogen and oxygen atoms in total. The number of nitrogens with one attached hydrogen (secondary N) is 1. The van der Waals surface area contributed by atoms with Crippen LogP contribution in [0, 0.1) is 17.2 Å². The van der Waals surface area contributed by atoms with Crippen molar-refractivity contribution in [1.29, 1.82) is 5.26 Å².